The summed E-state index contributed by atoms with van der Waals surface area (Å²) in [6.45, 7) is 8.89. The molecule has 1 heterocycles. The van der Waals surface area contributed by atoms with Crippen molar-refractivity contribution in [2.45, 2.75) is 57.4 Å². The van der Waals surface area contributed by atoms with Crippen LogP contribution in [0, 0.1) is 0 Å². The molecule has 2 unspecified atom stereocenters. The third-order valence-corrected chi connectivity index (χ3v) is 2.54. The lowest BCUT2D eigenvalue weighted by Gasteiger charge is -2.23. The third kappa shape index (κ3) is 2.78. The summed E-state index contributed by atoms with van der Waals surface area (Å²) >= 11 is 0. The molecule has 1 rings (SSSR count). The molecule has 0 aromatic heterocycles. The Morgan fingerprint density at radius 3 is 2.33 bits per heavy atom. The van der Waals surface area contributed by atoms with Gasteiger partial charge in [-0.25, -0.2) is 0 Å². The molecule has 4 heteroatoms. The molecule has 1 aliphatic rings. The van der Waals surface area contributed by atoms with Crippen molar-refractivity contribution in [1.82, 2.24) is 0 Å². The molecule has 0 radical (unpaired) electrons. The van der Waals surface area contributed by atoms with Crippen molar-refractivity contribution in [3.8, 4) is 0 Å². The summed E-state index contributed by atoms with van der Waals surface area (Å²) in [5.41, 5.74) is 0. The van der Waals surface area contributed by atoms with Gasteiger partial charge >= 0.3 is 0 Å². The van der Waals surface area contributed by atoms with Gasteiger partial charge in [0.05, 0.1) is 6.10 Å². The molecule has 4 nitrogen and oxygen atoms in total. The summed E-state index contributed by atoms with van der Waals surface area (Å²) in [5, 5.41) is 19.4. The Bertz CT molecular complexity index is 227. The van der Waals surface area contributed by atoms with Gasteiger partial charge in [-0.1, -0.05) is 13.0 Å². The summed E-state index contributed by atoms with van der Waals surface area (Å²) in [7, 11) is 0. The molecule has 0 amide bonds. The second kappa shape index (κ2) is 4.61. The highest BCUT2D eigenvalue weighted by Crippen LogP contribution is 2.32. The maximum Gasteiger partial charge on any atom is 0.164 e. The number of rotatable bonds is 4. The van der Waals surface area contributed by atoms with Crippen molar-refractivity contribution in [1.29, 1.82) is 0 Å². The Kier molecular flexibility index (Phi) is 3.89. The number of hydrogen-bond acceptors (Lipinski definition) is 4. The van der Waals surface area contributed by atoms with Gasteiger partial charge in [0.1, 0.15) is 18.3 Å². The van der Waals surface area contributed by atoms with Gasteiger partial charge in [-0.15, -0.1) is 6.58 Å². The predicted molar refractivity (Wildman–Crippen MR) is 56.3 cm³/mol. The summed E-state index contributed by atoms with van der Waals surface area (Å²) in [5.74, 6) is -0.768. The van der Waals surface area contributed by atoms with E-state index in [1.54, 1.807) is 13.8 Å². The fourth-order valence-electron chi connectivity index (χ4n) is 1.75. The molecule has 1 saturated heterocycles. The molecule has 1 aliphatic heterocycles. The van der Waals surface area contributed by atoms with Gasteiger partial charge in [-0.3, -0.25) is 0 Å². The highest BCUT2D eigenvalue weighted by Gasteiger charge is 2.46. The van der Waals surface area contributed by atoms with Gasteiger partial charge in [-0.05, 0) is 20.3 Å². The third-order valence-electron chi connectivity index (χ3n) is 2.54. The molecule has 4 atom stereocenters. The van der Waals surface area contributed by atoms with Crippen LogP contribution in [-0.2, 0) is 9.47 Å². The van der Waals surface area contributed by atoms with Crippen LogP contribution in [0.25, 0.3) is 0 Å². The predicted octanol–water partition coefficient (Wildman–Crippen LogP) is 0.824. The first kappa shape index (κ1) is 12.6. The van der Waals surface area contributed by atoms with Crippen LogP contribution in [0.2, 0.25) is 0 Å². The van der Waals surface area contributed by atoms with Crippen molar-refractivity contribution >= 4 is 0 Å². The smallest absolute Gasteiger partial charge is 0.164 e. The molecule has 0 aromatic carbocycles. The molecular weight excluding hydrogens is 196 g/mol. The number of aliphatic hydroxyl groups is 2. The highest BCUT2D eigenvalue weighted by atomic mass is 16.8. The zero-order valence-corrected chi connectivity index (χ0v) is 9.51. The van der Waals surface area contributed by atoms with Crippen molar-refractivity contribution in [2.75, 3.05) is 0 Å². The van der Waals surface area contributed by atoms with Crippen molar-refractivity contribution in [2.24, 2.45) is 0 Å². The van der Waals surface area contributed by atoms with Gasteiger partial charge in [0.15, 0.2) is 5.79 Å². The molecule has 0 bridgehead atoms. The summed E-state index contributed by atoms with van der Waals surface area (Å²) < 4.78 is 11.1. The topological polar surface area (TPSA) is 58.9 Å². The average molecular weight is 216 g/mol. The zero-order chi connectivity index (χ0) is 11.6. The van der Waals surface area contributed by atoms with Crippen molar-refractivity contribution in [3.05, 3.63) is 12.7 Å². The number of ether oxygens (including phenoxy) is 2. The van der Waals surface area contributed by atoms with Gasteiger partial charge < -0.3 is 19.7 Å². The van der Waals surface area contributed by atoms with Crippen molar-refractivity contribution in [3.63, 3.8) is 0 Å². The van der Waals surface area contributed by atoms with Crippen molar-refractivity contribution < 1.29 is 19.7 Å². The second-order valence-electron chi connectivity index (χ2n) is 4.27. The standard InChI is InChI=1S/C11H20O4/c1-5-7(12)9-10(8(13)6-2)15-11(3,4)14-9/h5,7-10,12-13H,1,6H2,2-4H3/t7?,8-,9-,10?/m1/s1. The normalized spacial score (nSPS) is 33.7. The lowest BCUT2D eigenvalue weighted by molar-refractivity contribution is -0.159. The van der Waals surface area contributed by atoms with E-state index >= 15 is 0 Å². The maximum atomic E-state index is 9.75. The van der Waals surface area contributed by atoms with Gasteiger partial charge in [0.2, 0.25) is 0 Å². The average Bonchev–Trinajstić information content (AvgIpc) is 2.52. The number of aliphatic hydroxyl groups excluding tert-OH is 2. The first-order valence-corrected chi connectivity index (χ1v) is 5.25. The van der Waals surface area contributed by atoms with Crippen LogP contribution in [0.1, 0.15) is 27.2 Å². The largest absolute Gasteiger partial charge is 0.390 e. The van der Waals surface area contributed by atoms with E-state index in [0.29, 0.717) is 6.42 Å². The lowest BCUT2D eigenvalue weighted by Crippen LogP contribution is -2.41. The van der Waals surface area contributed by atoms with Crippen LogP contribution in [-0.4, -0.2) is 40.4 Å². The molecule has 2 N–H and O–H groups in total. The van der Waals surface area contributed by atoms with E-state index in [-0.39, 0.29) is 0 Å². The Labute approximate surface area is 90.5 Å². The van der Waals surface area contributed by atoms with Crippen LogP contribution >= 0.6 is 0 Å². The Morgan fingerprint density at radius 2 is 1.87 bits per heavy atom. The quantitative estimate of drug-likeness (QED) is 0.683. The van der Waals surface area contributed by atoms with Gasteiger partial charge in [-0.2, -0.15) is 0 Å². The van der Waals surface area contributed by atoms with Gasteiger partial charge in [0, 0.05) is 0 Å². The first-order valence-electron chi connectivity index (χ1n) is 5.25. The molecule has 0 aromatic rings. The molecule has 88 valence electrons. The van der Waals surface area contributed by atoms with Gasteiger partial charge in [0.25, 0.3) is 0 Å². The second-order valence-corrected chi connectivity index (χ2v) is 4.27. The van der Waals surface area contributed by atoms with E-state index in [0.717, 1.165) is 0 Å². The van der Waals surface area contributed by atoms with Crippen LogP contribution in [0.5, 0.6) is 0 Å². The van der Waals surface area contributed by atoms with E-state index in [9.17, 15) is 10.2 Å². The Balaban J connectivity index is 2.78. The monoisotopic (exact) mass is 216 g/mol. The lowest BCUT2D eigenvalue weighted by atomic mass is 10.0. The van der Waals surface area contributed by atoms with E-state index in [1.165, 1.54) is 6.08 Å². The van der Waals surface area contributed by atoms with E-state index in [2.05, 4.69) is 6.58 Å². The Hall–Kier alpha value is -0.420. The fourth-order valence-corrected chi connectivity index (χ4v) is 1.75. The van der Waals surface area contributed by atoms with E-state index in [4.69, 9.17) is 9.47 Å². The summed E-state index contributed by atoms with van der Waals surface area (Å²) in [4.78, 5) is 0. The van der Waals surface area contributed by atoms with Crippen LogP contribution < -0.4 is 0 Å². The molecule has 0 spiro atoms. The Morgan fingerprint density at radius 1 is 1.33 bits per heavy atom. The SMILES string of the molecule is C=CC(O)[C@H]1OC(C)(C)OC1[C@H](O)CC. The highest BCUT2D eigenvalue weighted by molar-refractivity contribution is 4.96. The van der Waals surface area contributed by atoms with E-state index in [1.807, 2.05) is 6.92 Å². The fraction of sp³-hybridized carbons (Fsp3) is 0.818. The van der Waals surface area contributed by atoms with Crippen LogP contribution in [0.15, 0.2) is 12.7 Å². The number of hydrogen-bond donors (Lipinski definition) is 2. The molecule has 15 heavy (non-hydrogen) atoms. The minimum Gasteiger partial charge on any atom is -0.390 e. The molecular formula is C11H20O4. The molecule has 0 aliphatic carbocycles. The summed E-state index contributed by atoms with van der Waals surface area (Å²) in [6.07, 6.45) is -0.551. The van der Waals surface area contributed by atoms with E-state index < -0.39 is 30.2 Å². The zero-order valence-electron chi connectivity index (χ0n) is 9.51. The molecule has 0 saturated carbocycles. The minimum absolute atomic E-state index is 0.502. The minimum atomic E-state index is -0.821. The first-order chi connectivity index (χ1) is 6.91. The maximum absolute atomic E-state index is 9.75. The molecule has 1 fully saturated rings. The van der Waals surface area contributed by atoms with Crippen LogP contribution in [0.3, 0.4) is 0 Å². The summed E-state index contributed by atoms with van der Waals surface area (Å²) in [6, 6.07) is 0. The van der Waals surface area contributed by atoms with Crippen LogP contribution in [0.4, 0.5) is 0 Å².